The maximum absolute atomic E-state index is 12.8. The van der Waals surface area contributed by atoms with Crippen LogP contribution in [-0.4, -0.2) is 38.7 Å². The molecule has 0 radical (unpaired) electrons. The summed E-state index contributed by atoms with van der Waals surface area (Å²) in [5.41, 5.74) is 0.620. The first-order chi connectivity index (χ1) is 14.9. The molecule has 0 spiro atoms. The van der Waals surface area contributed by atoms with Gasteiger partial charge in [-0.05, 0) is 101 Å². The molecule has 6 nitrogen and oxygen atoms in total. The Kier molecular flexibility index (Phi) is 5.79. The molecule has 32 heavy (non-hydrogen) atoms. The minimum atomic E-state index is -0.663. The molecule has 0 aromatic carbocycles. The van der Waals surface area contributed by atoms with Crippen molar-refractivity contribution < 1.29 is 19.3 Å². The van der Waals surface area contributed by atoms with Crippen LogP contribution in [0.4, 0.5) is 4.79 Å². The van der Waals surface area contributed by atoms with Crippen molar-refractivity contribution in [3.8, 4) is 0 Å². The van der Waals surface area contributed by atoms with Crippen molar-refractivity contribution in [3.63, 3.8) is 0 Å². The number of nitrogens with zero attached hydrogens (tertiary/aromatic N) is 2. The van der Waals surface area contributed by atoms with Crippen molar-refractivity contribution in [1.29, 1.82) is 0 Å². The molecule has 0 aromatic heterocycles. The second-order valence-electron chi connectivity index (χ2n) is 12.4. The van der Waals surface area contributed by atoms with Crippen LogP contribution in [0.2, 0.25) is 0 Å². The number of fused-ring (bicyclic) bond motifs is 5. The van der Waals surface area contributed by atoms with E-state index in [0.29, 0.717) is 35.8 Å². The van der Waals surface area contributed by atoms with Gasteiger partial charge in [-0.15, -0.1) is 0 Å². The Morgan fingerprint density at radius 1 is 1.03 bits per heavy atom. The first-order valence-corrected chi connectivity index (χ1v) is 12.9. The molecule has 0 heterocycles. The molecule has 0 saturated heterocycles. The molecular formula is C26H43N2O4+. The van der Waals surface area contributed by atoms with E-state index in [1.54, 1.807) is 0 Å². The number of carboxylic acid groups (broad SMARTS) is 1. The van der Waals surface area contributed by atoms with E-state index in [-0.39, 0.29) is 38.4 Å². The van der Waals surface area contributed by atoms with Crippen LogP contribution in [0.15, 0.2) is 11.8 Å². The van der Waals surface area contributed by atoms with Crippen LogP contribution in [0.1, 0.15) is 92.9 Å². The average molecular weight is 448 g/mol. The van der Waals surface area contributed by atoms with Gasteiger partial charge in [0.25, 0.3) is 0 Å². The van der Waals surface area contributed by atoms with Gasteiger partial charge in [0, 0.05) is 18.3 Å². The zero-order valence-electron chi connectivity index (χ0n) is 20.8. The maximum Gasteiger partial charge on any atom is 0.514 e. The number of hydrogen-bond donors (Lipinski definition) is 1. The van der Waals surface area contributed by atoms with Crippen molar-refractivity contribution in [3.05, 3.63) is 21.9 Å². The summed E-state index contributed by atoms with van der Waals surface area (Å²) in [5.74, 6) is 2.12. The molecule has 7 atom stereocenters. The normalized spacial score (nSPS) is 41.6. The molecule has 0 aromatic rings. The van der Waals surface area contributed by atoms with Crippen LogP contribution < -0.4 is 0 Å². The van der Waals surface area contributed by atoms with Gasteiger partial charge in [0.2, 0.25) is 5.70 Å². The highest BCUT2D eigenvalue weighted by Crippen LogP contribution is 2.67. The van der Waals surface area contributed by atoms with E-state index in [0.717, 1.165) is 44.9 Å². The average Bonchev–Trinajstić information content (AvgIpc) is 3.04. The number of carbonyl (C=O) groups is 1. The number of hydrogen-bond acceptors (Lipinski definition) is 3. The van der Waals surface area contributed by atoms with Gasteiger partial charge < -0.3 is 5.11 Å². The number of rotatable bonds is 4. The topological polar surface area (TPSA) is 80.4 Å². The number of nitro groups is 1. The first kappa shape index (κ1) is 23.7. The lowest BCUT2D eigenvalue weighted by Crippen LogP contribution is -2.70. The molecule has 3 fully saturated rings. The van der Waals surface area contributed by atoms with Gasteiger partial charge >= 0.3 is 6.09 Å². The summed E-state index contributed by atoms with van der Waals surface area (Å²) in [4.78, 5) is 24.0. The maximum atomic E-state index is 12.8. The third-order valence-corrected chi connectivity index (χ3v) is 11.0. The molecule has 4 rings (SSSR count). The van der Waals surface area contributed by atoms with E-state index in [1.807, 2.05) is 6.08 Å². The standard InChI is InChI=1S/C26H42N2O4/c1-16(2)28(17(3)4,24(29)30)23-10-9-21-20-8-7-18-15-19(27(31)32)11-13-25(18,5)22(20)12-14-26(21,23)6/h15-18,20-23H,7-14H2,1-6H3/p+1/t18-,20-,21-,22-,23-,25-,26-/m0/s1. The summed E-state index contributed by atoms with van der Waals surface area (Å²) in [5, 5.41) is 21.9. The van der Waals surface area contributed by atoms with Crippen molar-refractivity contribution in [2.24, 2.45) is 34.5 Å². The van der Waals surface area contributed by atoms with E-state index in [1.165, 1.54) is 0 Å². The Hall–Kier alpha value is -1.43. The van der Waals surface area contributed by atoms with E-state index in [9.17, 15) is 20.0 Å². The van der Waals surface area contributed by atoms with Gasteiger partial charge in [0.1, 0.15) is 6.04 Å². The lowest BCUT2D eigenvalue weighted by molar-refractivity contribution is -0.928. The summed E-state index contributed by atoms with van der Waals surface area (Å²) in [6.07, 6.45) is 9.38. The smallest absolute Gasteiger partial charge is 0.435 e. The summed E-state index contributed by atoms with van der Waals surface area (Å²) in [6, 6.07) is 0.245. The minimum absolute atomic E-state index is 0.0445. The van der Waals surface area contributed by atoms with Gasteiger partial charge in [-0.1, -0.05) is 13.8 Å². The third-order valence-electron chi connectivity index (χ3n) is 11.0. The van der Waals surface area contributed by atoms with Crippen LogP contribution in [-0.2, 0) is 0 Å². The molecule has 4 aliphatic carbocycles. The van der Waals surface area contributed by atoms with Crippen molar-refractivity contribution in [2.45, 2.75) is 111 Å². The Bertz CT molecular complexity index is 813. The highest BCUT2D eigenvalue weighted by Gasteiger charge is 2.66. The Balaban J connectivity index is 1.67. The van der Waals surface area contributed by atoms with Gasteiger partial charge in [0.15, 0.2) is 0 Å². The highest BCUT2D eigenvalue weighted by molar-refractivity contribution is 5.58. The zero-order chi connectivity index (χ0) is 23.6. The predicted octanol–water partition coefficient (Wildman–Crippen LogP) is 6.48. The number of quaternary nitrogens is 1. The molecule has 0 aliphatic heterocycles. The molecule has 180 valence electrons. The monoisotopic (exact) mass is 447 g/mol. The fourth-order valence-corrected chi connectivity index (χ4v) is 9.56. The number of amides is 1. The number of allylic oxidation sites excluding steroid dienone is 2. The highest BCUT2D eigenvalue weighted by atomic mass is 16.6. The molecule has 6 heteroatoms. The van der Waals surface area contributed by atoms with Gasteiger partial charge in [-0.3, -0.25) is 10.1 Å². The van der Waals surface area contributed by atoms with Crippen molar-refractivity contribution >= 4 is 6.09 Å². The molecule has 4 aliphatic rings. The van der Waals surface area contributed by atoms with Crippen LogP contribution in [0.25, 0.3) is 0 Å². The summed E-state index contributed by atoms with van der Waals surface area (Å²) < 4.78 is 0.180. The van der Waals surface area contributed by atoms with E-state index >= 15 is 0 Å². The van der Waals surface area contributed by atoms with Gasteiger partial charge in [0.05, 0.1) is 17.0 Å². The predicted molar refractivity (Wildman–Crippen MR) is 125 cm³/mol. The third kappa shape index (κ3) is 3.04. The molecule has 0 unspecified atom stereocenters. The minimum Gasteiger partial charge on any atom is -0.435 e. The Morgan fingerprint density at radius 2 is 1.66 bits per heavy atom. The summed E-state index contributed by atoms with van der Waals surface area (Å²) in [6.45, 7) is 13.2. The Morgan fingerprint density at radius 3 is 2.22 bits per heavy atom. The van der Waals surface area contributed by atoms with Crippen LogP contribution in [0, 0.1) is 44.6 Å². The first-order valence-electron chi connectivity index (χ1n) is 12.9. The second-order valence-corrected chi connectivity index (χ2v) is 12.4. The Labute approximate surface area is 193 Å². The van der Waals surface area contributed by atoms with Gasteiger partial charge in [-0.25, -0.2) is 4.48 Å². The van der Waals surface area contributed by atoms with Crippen LogP contribution >= 0.6 is 0 Å². The fraction of sp³-hybridized carbons (Fsp3) is 0.885. The molecule has 0 bridgehead atoms. The molecule has 3 saturated carbocycles. The quantitative estimate of drug-likeness (QED) is 0.304. The largest absolute Gasteiger partial charge is 0.514 e. The molecule has 1 N–H and O–H groups in total. The SMILES string of the molecule is CC(C)[N+](C(=O)O)(C(C)C)[C@H]1CC[C@H]2[C@@H]3CC[C@H]4C=C([N+](=O)[O-])CC[C@]4(C)[C@H]3CC[C@@]21C. The molecule has 1 amide bonds. The van der Waals surface area contributed by atoms with Crippen molar-refractivity contribution in [1.82, 2.24) is 0 Å². The van der Waals surface area contributed by atoms with Gasteiger partial charge in [-0.2, -0.15) is 4.79 Å². The zero-order valence-corrected chi connectivity index (χ0v) is 20.8. The summed E-state index contributed by atoms with van der Waals surface area (Å²) >= 11 is 0. The summed E-state index contributed by atoms with van der Waals surface area (Å²) in [7, 11) is 0. The van der Waals surface area contributed by atoms with Crippen LogP contribution in [0.5, 0.6) is 0 Å². The second kappa shape index (κ2) is 7.82. The van der Waals surface area contributed by atoms with Crippen LogP contribution in [0.3, 0.4) is 0 Å². The van der Waals surface area contributed by atoms with E-state index in [4.69, 9.17) is 0 Å². The van der Waals surface area contributed by atoms with E-state index in [2.05, 4.69) is 41.5 Å². The molecular weight excluding hydrogens is 404 g/mol. The fourth-order valence-electron chi connectivity index (χ4n) is 9.56. The van der Waals surface area contributed by atoms with E-state index < -0.39 is 6.09 Å². The lowest BCUT2D eigenvalue weighted by Gasteiger charge is -2.60. The lowest BCUT2D eigenvalue weighted by atomic mass is 9.45. The van der Waals surface area contributed by atoms with Crippen molar-refractivity contribution in [2.75, 3.05) is 0 Å².